The lowest BCUT2D eigenvalue weighted by molar-refractivity contribution is 0.0692. The van der Waals surface area contributed by atoms with Gasteiger partial charge in [0.25, 0.3) is 0 Å². The van der Waals surface area contributed by atoms with Crippen LogP contribution in [-0.4, -0.2) is 16.1 Å². The number of carboxylic acid groups (broad SMARTS) is 1. The Morgan fingerprint density at radius 3 is 2.69 bits per heavy atom. The summed E-state index contributed by atoms with van der Waals surface area (Å²) in [7, 11) is 0. The third kappa shape index (κ3) is 1.69. The van der Waals surface area contributed by atoms with Crippen LogP contribution in [-0.2, 0) is 0 Å². The van der Waals surface area contributed by atoms with Gasteiger partial charge in [-0.05, 0) is 36.2 Å². The van der Waals surface area contributed by atoms with Gasteiger partial charge in [0, 0.05) is 11.8 Å². The highest BCUT2D eigenvalue weighted by Crippen LogP contribution is 2.26. The van der Waals surface area contributed by atoms with Gasteiger partial charge in [-0.2, -0.15) is 0 Å². The summed E-state index contributed by atoms with van der Waals surface area (Å²) in [4.78, 5) is 13.6. The molecule has 0 saturated carbocycles. The molecule has 0 aliphatic rings. The molecule has 0 radical (unpaired) electrons. The van der Waals surface area contributed by atoms with Crippen molar-refractivity contribution in [1.82, 2.24) is 4.98 Å². The molecule has 0 aliphatic heterocycles. The van der Waals surface area contributed by atoms with Gasteiger partial charge in [-0.15, -0.1) is 0 Å². The average molecular weight is 219 g/mol. The van der Waals surface area contributed by atoms with Crippen molar-refractivity contribution in [2.75, 3.05) is 0 Å². The second-order valence-electron chi connectivity index (χ2n) is 3.53. The van der Waals surface area contributed by atoms with Gasteiger partial charge in [-0.1, -0.05) is 6.07 Å². The van der Waals surface area contributed by atoms with Gasteiger partial charge in [0.2, 0.25) is 0 Å². The summed E-state index contributed by atoms with van der Waals surface area (Å²) in [5, 5.41) is 8.96. The van der Waals surface area contributed by atoms with E-state index in [1.165, 1.54) is 12.1 Å². The lowest BCUT2D eigenvalue weighted by Gasteiger charge is -2.05. The van der Waals surface area contributed by atoms with Crippen molar-refractivity contribution in [3.05, 3.63) is 47.5 Å². The first-order chi connectivity index (χ1) is 7.59. The predicted molar refractivity (Wildman–Crippen MR) is 57.9 cm³/mol. The first kappa shape index (κ1) is 10.4. The largest absolute Gasteiger partial charge is 0.477 e. The van der Waals surface area contributed by atoms with Crippen LogP contribution in [0.3, 0.4) is 0 Å². The predicted octanol–water partition coefficient (Wildman–Crippen LogP) is 2.83. The molecule has 3 nitrogen and oxygen atoms in total. The minimum absolute atomic E-state index is 0.120. The van der Waals surface area contributed by atoms with Gasteiger partial charge in [0.1, 0.15) is 11.5 Å². The van der Waals surface area contributed by atoms with Crippen molar-refractivity contribution in [3.8, 4) is 11.1 Å². The average Bonchev–Trinajstić information content (AvgIpc) is 2.66. The standard InChI is InChI=1S/C12H10FNO2/c1-7-6-8(13)2-3-9(7)10-4-5-14-11(10)12(15)16/h2-6,14H,1H3,(H,15,16). The summed E-state index contributed by atoms with van der Waals surface area (Å²) in [6, 6.07) is 5.96. The SMILES string of the molecule is Cc1cc(F)ccc1-c1cc[nH]c1C(=O)O. The Hall–Kier alpha value is -2.10. The zero-order chi connectivity index (χ0) is 11.7. The van der Waals surface area contributed by atoms with E-state index in [2.05, 4.69) is 4.98 Å². The van der Waals surface area contributed by atoms with Gasteiger partial charge < -0.3 is 10.1 Å². The number of aromatic nitrogens is 1. The molecule has 2 N–H and O–H groups in total. The number of aromatic carboxylic acids is 1. The smallest absolute Gasteiger partial charge is 0.352 e. The monoisotopic (exact) mass is 219 g/mol. The van der Waals surface area contributed by atoms with E-state index in [1.807, 2.05) is 0 Å². The molecule has 1 aromatic heterocycles. The Labute approximate surface area is 91.5 Å². The van der Waals surface area contributed by atoms with Crippen molar-refractivity contribution in [3.63, 3.8) is 0 Å². The summed E-state index contributed by atoms with van der Waals surface area (Å²) in [6.07, 6.45) is 1.56. The van der Waals surface area contributed by atoms with E-state index in [-0.39, 0.29) is 11.5 Å². The molecule has 0 bridgehead atoms. The maximum atomic E-state index is 12.9. The Morgan fingerprint density at radius 2 is 2.06 bits per heavy atom. The lowest BCUT2D eigenvalue weighted by Crippen LogP contribution is -1.99. The van der Waals surface area contributed by atoms with Crippen LogP contribution >= 0.6 is 0 Å². The van der Waals surface area contributed by atoms with Crippen LogP contribution in [0.5, 0.6) is 0 Å². The van der Waals surface area contributed by atoms with E-state index in [0.29, 0.717) is 11.1 Å². The van der Waals surface area contributed by atoms with Crippen molar-refractivity contribution in [2.24, 2.45) is 0 Å². The van der Waals surface area contributed by atoms with E-state index in [0.717, 1.165) is 5.56 Å². The summed E-state index contributed by atoms with van der Waals surface area (Å²) < 4.78 is 12.9. The molecular weight excluding hydrogens is 209 g/mol. The van der Waals surface area contributed by atoms with Crippen molar-refractivity contribution < 1.29 is 14.3 Å². The number of carboxylic acids is 1. The topological polar surface area (TPSA) is 53.1 Å². The molecule has 2 aromatic rings. The normalized spacial score (nSPS) is 10.4. The number of benzene rings is 1. The third-order valence-electron chi connectivity index (χ3n) is 2.44. The number of carbonyl (C=O) groups is 1. The van der Waals surface area contributed by atoms with Crippen LogP contribution in [0, 0.1) is 12.7 Å². The second kappa shape index (κ2) is 3.81. The van der Waals surface area contributed by atoms with Crippen LogP contribution in [0.4, 0.5) is 4.39 Å². The summed E-state index contributed by atoms with van der Waals surface area (Å²) >= 11 is 0. The molecular formula is C12H10FNO2. The molecule has 16 heavy (non-hydrogen) atoms. The van der Waals surface area contributed by atoms with Crippen LogP contribution in [0.1, 0.15) is 16.1 Å². The maximum Gasteiger partial charge on any atom is 0.352 e. The summed E-state index contributed by atoms with van der Waals surface area (Å²) in [5.41, 5.74) is 2.13. The molecule has 1 aromatic carbocycles. The fourth-order valence-corrected chi connectivity index (χ4v) is 1.70. The third-order valence-corrected chi connectivity index (χ3v) is 2.44. The van der Waals surface area contributed by atoms with Gasteiger partial charge in [0.15, 0.2) is 0 Å². The zero-order valence-electron chi connectivity index (χ0n) is 8.62. The van der Waals surface area contributed by atoms with Crippen LogP contribution in [0.2, 0.25) is 0 Å². The zero-order valence-corrected chi connectivity index (χ0v) is 8.62. The maximum absolute atomic E-state index is 12.9. The number of hydrogen-bond donors (Lipinski definition) is 2. The molecule has 1 heterocycles. The molecule has 0 aliphatic carbocycles. The van der Waals surface area contributed by atoms with Crippen LogP contribution in [0.25, 0.3) is 11.1 Å². The number of nitrogens with one attached hydrogen (secondary N) is 1. The molecule has 0 atom stereocenters. The van der Waals surface area contributed by atoms with E-state index in [9.17, 15) is 9.18 Å². The van der Waals surface area contributed by atoms with E-state index in [1.54, 1.807) is 25.3 Å². The number of rotatable bonds is 2. The second-order valence-corrected chi connectivity index (χ2v) is 3.53. The van der Waals surface area contributed by atoms with Gasteiger partial charge in [0.05, 0.1) is 0 Å². The van der Waals surface area contributed by atoms with Gasteiger partial charge in [-0.3, -0.25) is 0 Å². The summed E-state index contributed by atoms with van der Waals surface area (Å²) in [5.74, 6) is -1.35. The molecule has 82 valence electrons. The number of halogens is 1. The Kier molecular flexibility index (Phi) is 2.48. The minimum atomic E-state index is -1.02. The highest BCUT2D eigenvalue weighted by molar-refractivity contribution is 5.94. The fourth-order valence-electron chi connectivity index (χ4n) is 1.70. The highest BCUT2D eigenvalue weighted by Gasteiger charge is 2.14. The van der Waals surface area contributed by atoms with E-state index in [4.69, 9.17) is 5.11 Å². The first-order valence-electron chi connectivity index (χ1n) is 4.77. The summed E-state index contributed by atoms with van der Waals surface area (Å²) in [6.45, 7) is 1.75. The van der Waals surface area contributed by atoms with Crippen LogP contribution < -0.4 is 0 Å². The molecule has 0 unspecified atom stereocenters. The van der Waals surface area contributed by atoms with Crippen molar-refractivity contribution >= 4 is 5.97 Å². The number of H-pyrrole nitrogens is 1. The molecule has 0 spiro atoms. The quantitative estimate of drug-likeness (QED) is 0.815. The van der Waals surface area contributed by atoms with Crippen molar-refractivity contribution in [1.29, 1.82) is 0 Å². The fraction of sp³-hybridized carbons (Fsp3) is 0.0833. The minimum Gasteiger partial charge on any atom is -0.477 e. The Morgan fingerprint density at radius 1 is 1.31 bits per heavy atom. The molecule has 4 heteroatoms. The molecule has 0 saturated heterocycles. The molecule has 0 amide bonds. The number of hydrogen-bond acceptors (Lipinski definition) is 1. The number of aromatic amines is 1. The molecule has 2 rings (SSSR count). The van der Waals surface area contributed by atoms with Crippen molar-refractivity contribution in [2.45, 2.75) is 6.92 Å². The Balaban J connectivity index is 2.59. The van der Waals surface area contributed by atoms with Crippen LogP contribution in [0.15, 0.2) is 30.5 Å². The van der Waals surface area contributed by atoms with Gasteiger partial charge in [-0.25, -0.2) is 9.18 Å². The van der Waals surface area contributed by atoms with E-state index >= 15 is 0 Å². The van der Waals surface area contributed by atoms with E-state index < -0.39 is 5.97 Å². The van der Waals surface area contributed by atoms with Gasteiger partial charge >= 0.3 is 5.97 Å². The molecule has 0 fully saturated rings. The first-order valence-corrected chi connectivity index (χ1v) is 4.77. The highest BCUT2D eigenvalue weighted by atomic mass is 19.1. The number of aryl methyl sites for hydroxylation is 1. The Bertz CT molecular complexity index is 546. The lowest BCUT2D eigenvalue weighted by atomic mass is 10.0.